The Kier molecular flexibility index (Phi) is 4.37. The van der Waals surface area contributed by atoms with Crippen molar-refractivity contribution >= 4 is 22.9 Å². The Hall–Kier alpha value is -2.63. The van der Waals surface area contributed by atoms with E-state index < -0.39 is 17.6 Å². The molecule has 1 aromatic carbocycles. The van der Waals surface area contributed by atoms with Crippen molar-refractivity contribution in [1.82, 2.24) is 10.2 Å². The summed E-state index contributed by atoms with van der Waals surface area (Å²) in [5.74, 6) is -0.758. The number of carbonyl (C=O) groups is 2. The van der Waals surface area contributed by atoms with E-state index in [0.717, 1.165) is 0 Å². The Morgan fingerprint density at radius 2 is 1.86 bits per heavy atom. The second kappa shape index (κ2) is 6.21. The van der Waals surface area contributed by atoms with Gasteiger partial charge in [0, 0.05) is 18.5 Å². The summed E-state index contributed by atoms with van der Waals surface area (Å²) in [6.07, 6.45) is 0. The maximum Gasteiger partial charge on any atom is 0.349 e. The topological polar surface area (TPSA) is 79.6 Å². The van der Waals surface area contributed by atoms with E-state index in [-0.39, 0.29) is 5.56 Å². The number of carbonyl (C=O) groups excluding carboxylic acids is 2. The Morgan fingerprint density at radius 1 is 1.19 bits per heavy atom. The highest BCUT2D eigenvalue weighted by atomic mass is 16.4. The number of nitrogens with zero attached hydrogens (tertiary/aromatic N) is 1. The van der Waals surface area contributed by atoms with Crippen molar-refractivity contribution in [2.75, 3.05) is 13.1 Å². The second-order valence-electron chi connectivity index (χ2n) is 4.42. The third kappa shape index (κ3) is 3.10. The first-order valence-electron chi connectivity index (χ1n) is 6.70. The van der Waals surface area contributed by atoms with Gasteiger partial charge in [-0.05, 0) is 26.0 Å². The SMILES string of the molecule is CCN(CC)C(=O)NC(=O)c1cc2ccccc2oc1=O. The highest BCUT2D eigenvalue weighted by Crippen LogP contribution is 2.12. The first kappa shape index (κ1) is 14.8. The molecule has 1 aromatic heterocycles. The Balaban J connectivity index is 2.29. The van der Waals surface area contributed by atoms with Crippen LogP contribution in [-0.4, -0.2) is 29.9 Å². The summed E-state index contributed by atoms with van der Waals surface area (Å²) < 4.78 is 5.07. The fourth-order valence-electron chi connectivity index (χ4n) is 1.97. The standard InChI is InChI=1S/C15H16N2O4/c1-3-17(4-2)15(20)16-13(18)11-9-10-7-5-6-8-12(10)21-14(11)19/h5-9H,3-4H2,1-2H3,(H,16,18,20). The van der Waals surface area contributed by atoms with Gasteiger partial charge in [-0.25, -0.2) is 9.59 Å². The zero-order valence-electron chi connectivity index (χ0n) is 11.9. The highest BCUT2D eigenvalue weighted by molar-refractivity contribution is 6.05. The van der Waals surface area contributed by atoms with Gasteiger partial charge in [0.15, 0.2) is 0 Å². The number of amides is 3. The zero-order valence-corrected chi connectivity index (χ0v) is 11.9. The van der Waals surface area contributed by atoms with Crippen LogP contribution in [0.2, 0.25) is 0 Å². The number of imide groups is 1. The largest absolute Gasteiger partial charge is 0.422 e. The van der Waals surface area contributed by atoms with Crippen LogP contribution in [0.1, 0.15) is 24.2 Å². The third-order valence-corrected chi connectivity index (χ3v) is 3.16. The molecule has 1 heterocycles. The number of hydrogen-bond donors (Lipinski definition) is 1. The van der Waals surface area contributed by atoms with Gasteiger partial charge in [0.25, 0.3) is 5.91 Å². The van der Waals surface area contributed by atoms with Gasteiger partial charge in [-0.1, -0.05) is 18.2 Å². The van der Waals surface area contributed by atoms with Gasteiger partial charge in [-0.15, -0.1) is 0 Å². The normalized spacial score (nSPS) is 10.4. The minimum absolute atomic E-state index is 0.186. The van der Waals surface area contributed by atoms with Crippen LogP contribution in [0.25, 0.3) is 11.0 Å². The molecule has 1 N–H and O–H groups in total. The van der Waals surface area contributed by atoms with Crippen LogP contribution >= 0.6 is 0 Å². The molecule has 6 heteroatoms. The molecule has 0 unspecified atom stereocenters. The van der Waals surface area contributed by atoms with Crippen molar-refractivity contribution in [1.29, 1.82) is 0 Å². The van der Waals surface area contributed by atoms with Gasteiger partial charge >= 0.3 is 11.7 Å². The average molecular weight is 288 g/mol. The van der Waals surface area contributed by atoms with Crippen molar-refractivity contribution < 1.29 is 14.0 Å². The van der Waals surface area contributed by atoms with Crippen LogP contribution in [0.15, 0.2) is 39.5 Å². The predicted molar refractivity (Wildman–Crippen MR) is 78.3 cm³/mol. The molecule has 0 aliphatic rings. The van der Waals surface area contributed by atoms with Gasteiger partial charge in [0.05, 0.1) is 0 Å². The quantitative estimate of drug-likeness (QED) is 0.876. The number of benzene rings is 1. The molecule has 0 atom stereocenters. The minimum atomic E-state index is -0.765. The first-order valence-corrected chi connectivity index (χ1v) is 6.70. The Morgan fingerprint density at radius 3 is 2.52 bits per heavy atom. The van der Waals surface area contributed by atoms with Crippen LogP contribution in [-0.2, 0) is 0 Å². The summed E-state index contributed by atoms with van der Waals surface area (Å²) in [4.78, 5) is 37.1. The number of para-hydroxylation sites is 1. The Bertz CT molecular complexity index is 732. The van der Waals surface area contributed by atoms with Gasteiger partial charge in [-0.3, -0.25) is 10.1 Å². The number of hydrogen-bond acceptors (Lipinski definition) is 4. The van der Waals surface area contributed by atoms with Crippen LogP contribution in [0.3, 0.4) is 0 Å². The van der Waals surface area contributed by atoms with Crippen molar-refractivity contribution in [3.05, 3.63) is 46.3 Å². The van der Waals surface area contributed by atoms with Gasteiger partial charge < -0.3 is 9.32 Å². The van der Waals surface area contributed by atoms with E-state index in [1.54, 1.807) is 38.1 Å². The average Bonchev–Trinajstić information content (AvgIpc) is 2.47. The highest BCUT2D eigenvalue weighted by Gasteiger charge is 2.18. The number of nitrogens with one attached hydrogen (secondary N) is 1. The molecule has 0 fully saturated rings. The molecule has 0 bridgehead atoms. The molecular formula is C15H16N2O4. The lowest BCUT2D eigenvalue weighted by Gasteiger charge is -2.18. The lowest BCUT2D eigenvalue weighted by atomic mass is 10.2. The molecule has 0 saturated carbocycles. The van der Waals surface area contributed by atoms with E-state index in [2.05, 4.69) is 5.32 Å². The molecule has 2 rings (SSSR count). The van der Waals surface area contributed by atoms with Crippen LogP contribution in [0.4, 0.5) is 4.79 Å². The monoisotopic (exact) mass is 288 g/mol. The van der Waals surface area contributed by atoms with Gasteiger partial charge in [0.1, 0.15) is 11.1 Å². The molecule has 110 valence electrons. The predicted octanol–water partition coefficient (Wildman–Crippen LogP) is 1.98. The summed E-state index contributed by atoms with van der Waals surface area (Å²) in [5.41, 5.74) is -0.554. The number of fused-ring (bicyclic) bond motifs is 1. The number of urea groups is 1. The van der Waals surface area contributed by atoms with E-state index in [0.29, 0.717) is 24.1 Å². The molecule has 2 aromatic rings. The molecule has 0 aliphatic heterocycles. The molecule has 0 spiro atoms. The lowest BCUT2D eigenvalue weighted by Crippen LogP contribution is -2.43. The van der Waals surface area contributed by atoms with E-state index in [1.165, 1.54) is 11.0 Å². The van der Waals surface area contributed by atoms with Crippen LogP contribution in [0.5, 0.6) is 0 Å². The zero-order chi connectivity index (χ0) is 15.4. The summed E-state index contributed by atoms with van der Waals surface area (Å²) in [6, 6.07) is 7.75. The summed E-state index contributed by atoms with van der Waals surface area (Å²) >= 11 is 0. The maximum atomic E-state index is 12.0. The summed E-state index contributed by atoms with van der Waals surface area (Å²) in [5, 5.41) is 2.81. The first-order chi connectivity index (χ1) is 10.1. The van der Waals surface area contributed by atoms with Crippen molar-refractivity contribution in [3.63, 3.8) is 0 Å². The van der Waals surface area contributed by atoms with Crippen LogP contribution in [0, 0.1) is 0 Å². The fourth-order valence-corrected chi connectivity index (χ4v) is 1.97. The molecule has 21 heavy (non-hydrogen) atoms. The second-order valence-corrected chi connectivity index (χ2v) is 4.42. The molecular weight excluding hydrogens is 272 g/mol. The number of rotatable bonds is 3. The van der Waals surface area contributed by atoms with E-state index in [1.807, 2.05) is 0 Å². The van der Waals surface area contributed by atoms with E-state index in [9.17, 15) is 14.4 Å². The third-order valence-electron chi connectivity index (χ3n) is 3.16. The van der Waals surface area contributed by atoms with Crippen molar-refractivity contribution in [3.8, 4) is 0 Å². The van der Waals surface area contributed by atoms with E-state index in [4.69, 9.17) is 4.42 Å². The molecule has 0 aliphatic carbocycles. The summed E-state index contributed by atoms with van der Waals surface area (Å²) in [7, 11) is 0. The summed E-state index contributed by atoms with van der Waals surface area (Å²) in [6.45, 7) is 4.56. The van der Waals surface area contributed by atoms with Crippen molar-refractivity contribution in [2.45, 2.75) is 13.8 Å². The van der Waals surface area contributed by atoms with Gasteiger partial charge in [0.2, 0.25) is 0 Å². The van der Waals surface area contributed by atoms with Crippen LogP contribution < -0.4 is 10.9 Å². The van der Waals surface area contributed by atoms with E-state index >= 15 is 0 Å². The van der Waals surface area contributed by atoms with Gasteiger partial charge in [-0.2, -0.15) is 0 Å². The fraction of sp³-hybridized carbons (Fsp3) is 0.267. The maximum absolute atomic E-state index is 12.0. The molecule has 3 amide bonds. The van der Waals surface area contributed by atoms with Crippen molar-refractivity contribution in [2.24, 2.45) is 0 Å². The molecule has 0 radical (unpaired) electrons. The molecule has 0 saturated heterocycles. The minimum Gasteiger partial charge on any atom is -0.422 e. The molecule has 6 nitrogen and oxygen atoms in total. The Labute approximate surface area is 121 Å². The smallest absolute Gasteiger partial charge is 0.349 e. The lowest BCUT2D eigenvalue weighted by molar-refractivity contribution is 0.0950.